The zero-order valence-electron chi connectivity index (χ0n) is 16.0. The maximum absolute atomic E-state index is 14.5. The number of aryl methyl sites for hydroxylation is 1. The first-order valence-corrected chi connectivity index (χ1v) is 9.20. The van der Waals surface area contributed by atoms with Gasteiger partial charge in [0, 0.05) is 29.0 Å². The van der Waals surface area contributed by atoms with Crippen LogP contribution in [0.5, 0.6) is 0 Å². The smallest absolute Gasteiger partial charge is 0.178 e. The summed E-state index contributed by atoms with van der Waals surface area (Å²) in [5.74, 6) is -0.324. The number of Topliss-reactive ketones (excluding diaryl/α,β-unsaturated/α-hetero) is 1. The van der Waals surface area contributed by atoms with Crippen molar-refractivity contribution in [3.63, 3.8) is 0 Å². The Labute approximate surface area is 158 Å². The Bertz CT molecular complexity index is 1040. The highest BCUT2D eigenvalue weighted by Gasteiger charge is 2.55. The molecule has 2 unspecified atom stereocenters. The largest absolute Gasteiger partial charge is 0.293 e. The molecule has 138 valence electrons. The first-order chi connectivity index (χ1) is 12.7. The lowest BCUT2D eigenvalue weighted by Gasteiger charge is -2.49. The third kappa shape index (κ3) is 2.26. The Balaban J connectivity index is 1.98. The number of carbonyl (C=O) groups excluding carboxylic acids is 1. The van der Waals surface area contributed by atoms with Gasteiger partial charge in [0.2, 0.25) is 0 Å². The van der Waals surface area contributed by atoms with E-state index in [1.807, 2.05) is 27.0 Å². The second kappa shape index (κ2) is 5.63. The van der Waals surface area contributed by atoms with Crippen LogP contribution in [0.1, 0.15) is 38.4 Å². The lowest BCUT2D eigenvalue weighted by molar-refractivity contribution is -0.128. The van der Waals surface area contributed by atoms with Crippen LogP contribution in [0, 0.1) is 28.5 Å². The molecule has 2 aliphatic rings. The molecule has 2 atom stereocenters. The number of rotatable bonds is 1. The molecule has 0 saturated heterocycles. The van der Waals surface area contributed by atoms with Crippen molar-refractivity contribution in [2.24, 2.45) is 18.4 Å². The zero-order valence-corrected chi connectivity index (χ0v) is 16.0. The molecule has 4 nitrogen and oxygen atoms in total. The molecule has 27 heavy (non-hydrogen) atoms. The molecule has 0 saturated carbocycles. The summed E-state index contributed by atoms with van der Waals surface area (Å²) in [6.45, 7) is 5.90. The summed E-state index contributed by atoms with van der Waals surface area (Å²) < 4.78 is 16.2. The minimum Gasteiger partial charge on any atom is -0.293 e. The topological polar surface area (TPSA) is 58.7 Å². The predicted octanol–water partition coefficient (Wildman–Crippen LogP) is 4.11. The molecule has 0 amide bonds. The van der Waals surface area contributed by atoms with Gasteiger partial charge in [0.05, 0.1) is 17.0 Å². The van der Waals surface area contributed by atoms with Crippen molar-refractivity contribution in [2.45, 2.75) is 39.0 Å². The molecule has 0 aliphatic heterocycles. The molecule has 5 heteroatoms. The summed E-state index contributed by atoms with van der Waals surface area (Å²) in [5, 5.41) is 14.3. The van der Waals surface area contributed by atoms with E-state index in [-0.39, 0.29) is 23.1 Å². The Morgan fingerprint density at radius 1 is 1.30 bits per heavy atom. The molecule has 2 aliphatic carbocycles. The highest BCUT2D eigenvalue weighted by molar-refractivity contribution is 6.04. The average Bonchev–Trinajstić information content (AvgIpc) is 2.96. The SMILES string of the molecule is Cn1nc2c(c1-c1ccccc1F)CCC1C(C)(C)C(=O)C(C#N)=CC21C. The van der Waals surface area contributed by atoms with Gasteiger partial charge in [-0.05, 0) is 30.9 Å². The summed E-state index contributed by atoms with van der Waals surface area (Å²) in [7, 11) is 1.83. The maximum Gasteiger partial charge on any atom is 0.178 e. The minimum atomic E-state index is -0.637. The maximum atomic E-state index is 14.5. The van der Waals surface area contributed by atoms with Gasteiger partial charge in [-0.1, -0.05) is 39.0 Å². The van der Waals surface area contributed by atoms with Gasteiger partial charge in [0.1, 0.15) is 11.9 Å². The van der Waals surface area contributed by atoms with Crippen molar-refractivity contribution >= 4 is 5.78 Å². The van der Waals surface area contributed by atoms with Crippen LogP contribution in [0.25, 0.3) is 11.3 Å². The molecule has 0 spiro atoms. The highest BCUT2D eigenvalue weighted by Crippen LogP contribution is 2.55. The molecule has 1 aromatic carbocycles. The monoisotopic (exact) mass is 363 g/mol. The van der Waals surface area contributed by atoms with Crippen LogP contribution < -0.4 is 0 Å². The van der Waals surface area contributed by atoms with Crippen molar-refractivity contribution < 1.29 is 9.18 Å². The number of nitriles is 1. The molecular formula is C22H22FN3O. The van der Waals surface area contributed by atoms with Crippen LogP contribution in [0.4, 0.5) is 4.39 Å². The van der Waals surface area contributed by atoms with E-state index in [0.29, 0.717) is 5.56 Å². The Morgan fingerprint density at radius 3 is 2.67 bits per heavy atom. The number of allylic oxidation sites excluding steroid dienone is 2. The molecule has 1 aromatic heterocycles. The fraction of sp³-hybridized carbons (Fsp3) is 0.409. The van der Waals surface area contributed by atoms with E-state index in [4.69, 9.17) is 5.10 Å². The molecular weight excluding hydrogens is 341 g/mol. The third-order valence-corrected chi connectivity index (χ3v) is 6.46. The van der Waals surface area contributed by atoms with E-state index in [9.17, 15) is 14.4 Å². The Hall–Kier alpha value is -2.74. The van der Waals surface area contributed by atoms with Gasteiger partial charge in [-0.25, -0.2) is 4.39 Å². The van der Waals surface area contributed by atoms with Crippen molar-refractivity contribution in [1.82, 2.24) is 9.78 Å². The molecule has 2 aromatic rings. The first-order valence-electron chi connectivity index (χ1n) is 9.20. The van der Waals surface area contributed by atoms with Crippen molar-refractivity contribution in [2.75, 3.05) is 0 Å². The van der Waals surface area contributed by atoms with Gasteiger partial charge in [-0.2, -0.15) is 10.4 Å². The molecule has 0 radical (unpaired) electrons. The van der Waals surface area contributed by atoms with Gasteiger partial charge >= 0.3 is 0 Å². The standard InChI is InChI=1S/C22H22FN3O/c1-21(2)17-10-9-15-18(14-7-5-6-8-16(14)23)26(4)25-19(15)22(17,3)11-13(12-24)20(21)27/h5-8,11,17H,9-10H2,1-4H3. The van der Waals surface area contributed by atoms with E-state index in [0.717, 1.165) is 29.8 Å². The quantitative estimate of drug-likeness (QED) is 0.766. The van der Waals surface area contributed by atoms with E-state index >= 15 is 0 Å². The van der Waals surface area contributed by atoms with Gasteiger partial charge < -0.3 is 0 Å². The summed E-state index contributed by atoms with van der Waals surface area (Å²) >= 11 is 0. The van der Waals surface area contributed by atoms with Gasteiger partial charge in [-0.15, -0.1) is 0 Å². The van der Waals surface area contributed by atoms with Crippen molar-refractivity contribution in [3.8, 4) is 17.3 Å². The Kier molecular flexibility index (Phi) is 3.68. The van der Waals surface area contributed by atoms with Crippen LogP contribution in [0.15, 0.2) is 35.9 Å². The van der Waals surface area contributed by atoms with E-state index < -0.39 is 10.8 Å². The Morgan fingerprint density at radius 2 is 2.00 bits per heavy atom. The highest BCUT2D eigenvalue weighted by atomic mass is 19.1. The summed E-state index contributed by atoms with van der Waals surface area (Å²) in [6, 6.07) is 8.80. The number of hydrogen-bond donors (Lipinski definition) is 0. The van der Waals surface area contributed by atoms with Crippen LogP contribution in [0.3, 0.4) is 0 Å². The fourth-order valence-corrected chi connectivity index (χ4v) is 5.21. The van der Waals surface area contributed by atoms with Gasteiger partial charge in [0.15, 0.2) is 5.78 Å². The summed E-state index contributed by atoms with van der Waals surface area (Å²) in [5.41, 5.74) is 2.22. The van der Waals surface area contributed by atoms with Crippen LogP contribution in [-0.4, -0.2) is 15.6 Å². The lowest BCUT2D eigenvalue weighted by Crippen LogP contribution is -2.51. The lowest BCUT2D eigenvalue weighted by atomic mass is 9.52. The van der Waals surface area contributed by atoms with Crippen LogP contribution in [-0.2, 0) is 23.7 Å². The summed E-state index contributed by atoms with van der Waals surface area (Å²) in [6.07, 6.45) is 3.32. The predicted molar refractivity (Wildman–Crippen MR) is 100 cm³/mol. The summed E-state index contributed by atoms with van der Waals surface area (Å²) in [4.78, 5) is 12.8. The minimum absolute atomic E-state index is 0.0467. The number of hydrogen-bond acceptors (Lipinski definition) is 3. The molecule has 0 fully saturated rings. The van der Waals surface area contributed by atoms with Crippen LogP contribution >= 0.6 is 0 Å². The van der Waals surface area contributed by atoms with E-state index in [1.54, 1.807) is 22.9 Å². The molecule has 1 heterocycles. The number of fused-ring (bicyclic) bond motifs is 3. The number of ketones is 1. The van der Waals surface area contributed by atoms with E-state index in [2.05, 4.69) is 13.0 Å². The van der Waals surface area contributed by atoms with Gasteiger partial charge in [0.25, 0.3) is 0 Å². The molecule has 4 rings (SSSR count). The van der Waals surface area contributed by atoms with E-state index in [1.165, 1.54) is 6.07 Å². The third-order valence-electron chi connectivity index (χ3n) is 6.46. The zero-order chi connectivity index (χ0) is 19.6. The van der Waals surface area contributed by atoms with Gasteiger partial charge in [-0.3, -0.25) is 9.48 Å². The fourth-order valence-electron chi connectivity index (χ4n) is 5.21. The number of carbonyl (C=O) groups is 1. The van der Waals surface area contributed by atoms with Crippen LogP contribution in [0.2, 0.25) is 0 Å². The molecule has 0 N–H and O–H groups in total. The normalized spacial score (nSPS) is 26.0. The van der Waals surface area contributed by atoms with Crippen molar-refractivity contribution in [3.05, 3.63) is 53.0 Å². The van der Waals surface area contributed by atoms with Crippen molar-refractivity contribution in [1.29, 1.82) is 5.26 Å². The number of aromatic nitrogens is 2. The second-order valence-electron chi connectivity index (χ2n) is 8.37. The number of benzene rings is 1. The molecule has 0 bridgehead atoms. The number of nitrogens with zero attached hydrogens (tertiary/aromatic N) is 3. The number of halogens is 1. The first kappa shape index (κ1) is 17.7. The average molecular weight is 363 g/mol. The second-order valence-corrected chi connectivity index (χ2v) is 8.37.